The Morgan fingerprint density at radius 3 is 3.00 bits per heavy atom. The Hall–Kier alpha value is -1.68. The molecule has 0 atom stereocenters. The van der Waals surface area contributed by atoms with Crippen LogP contribution in [0.4, 0.5) is 0 Å². The maximum atomic E-state index is 8.86. The van der Waals surface area contributed by atoms with Gasteiger partial charge in [0.1, 0.15) is 5.82 Å². The van der Waals surface area contributed by atoms with Crippen LogP contribution in [0.2, 0.25) is 0 Å². The van der Waals surface area contributed by atoms with Gasteiger partial charge in [-0.15, -0.1) is 0 Å². The van der Waals surface area contributed by atoms with E-state index in [1.165, 1.54) is 0 Å². The fourth-order valence-corrected chi connectivity index (χ4v) is 1.49. The van der Waals surface area contributed by atoms with Crippen LogP contribution in [0.15, 0.2) is 24.5 Å². The van der Waals surface area contributed by atoms with E-state index in [2.05, 4.69) is 15.0 Å². The van der Waals surface area contributed by atoms with Crippen LogP contribution in [0, 0.1) is 6.92 Å². The molecule has 2 aromatic heterocycles. The number of H-pyrrole nitrogens is 1. The molecular weight excluding hydrogens is 190 g/mol. The van der Waals surface area contributed by atoms with Crippen LogP contribution in [0.3, 0.4) is 0 Å². The Morgan fingerprint density at radius 2 is 2.33 bits per heavy atom. The van der Waals surface area contributed by atoms with Crippen LogP contribution in [0.5, 0.6) is 0 Å². The number of aliphatic hydroxyl groups is 1. The number of nitrogens with one attached hydrogen (secondary N) is 1. The van der Waals surface area contributed by atoms with Crippen molar-refractivity contribution >= 4 is 0 Å². The Morgan fingerprint density at radius 1 is 1.47 bits per heavy atom. The highest BCUT2D eigenvalue weighted by Gasteiger charge is 2.07. The third-order valence-electron chi connectivity index (χ3n) is 2.27. The first-order valence-corrected chi connectivity index (χ1v) is 4.88. The largest absolute Gasteiger partial charge is 0.396 e. The van der Waals surface area contributed by atoms with Crippen LogP contribution in [-0.4, -0.2) is 26.7 Å². The summed E-state index contributed by atoms with van der Waals surface area (Å²) in [7, 11) is 0. The van der Waals surface area contributed by atoms with E-state index in [0.29, 0.717) is 6.42 Å². The minimum Gasteiger partial charge on any atom is -0.396 e. The smallest absolute Gasteiger partial charge is 0.139 e. The predicted molar refractivity (Wildman–Crippen MR) is 57.3 cm³/mol. The summed E-state index contributed by atoms with van der Waals surface area (Å²) in [5.74, 6) is 0.809. The molecule has 2 rings (SSSR count). The Kier molecular flexibility index (Phi) is 2.78. The third kappa shape index (κ3) is 2.05. The summed E-state index contributed by atoms with van der Waals surface area (Å²) in [6.07, 6.45) is 4.08. The molecule has 2 N–H and O–H groups in total. The third-order valence-corrected chi connectivity index (χ3v) is 2.27. The van der Waals surface area contributed by atoms with E-state index in [9.17, 15) is 0 Å². The SMILES string of the molecule is Cc1[nH]c(-c2cccnc2)nc1CCO. The number of aromatic nitrogens is 3. The van der Waals surface area contributed by atoms with Crippen LogP contribution >= 0.6 is 0 Å². The van der Waals surface area contributed by atoms with Gasteiger partial charge in [-0.2, -0.15) is 0 Å². The molecule has 0 aliphatic heterocycles. The number of rotatable bonds is 3. The molecule has 0 bridgehead atoms. The van der Waals surface area contributed by atoms with Gasteiger partial charge in [0.15, 0.2) is 0 Å². The van der Waals surface area contributed by atoms with Crippen molar-refractivity contribution in [1.29, 1.82) is 0 Å². The van der Waals surface area contributed by atoms with Crippen molar-refractivity contribution in [1.82, 2.24) is 15.0 Å². The van der Waals surface area contributed by atoms with Gasteiger partial charge >= 0.3 is 0 Å². The highest BCUT2D eigenvalue weighted by molar-refractivity contribution is 5.54. The highest BCUT2D eigenvalue weighted by atomic mass is 16.3. The molecule has 0 aromatic carbocycles. The van der Waals surface area contributed by atoms with Gasteiger partial charge in [-0.1, -0.05) is 0 Å². The summed E-state index contributed by atoms with van der Waals surface area (Å²) >= 11 is 0. The lowest BCUT2D eigenvalue weighted by Crippen LogP contribution is -1.92. The van der Waals surface area contributed by atoms with Crippen LogP contribution in [0.25, 0.3) is 11.4 Å². The van der Waals surface area contributed by atoms with Crippen molar-refractivity contribution in [3.05, 3.63) is 35.9 Å². The van der Waals surface area contributed by atoms with Crippen molar-refractivity contribution in [2.75, 3.05) is 6.61 Å². The second kappa shape index (κ2) is 4.23. The van der Waals surface area contributed by atoms with E-state index in [-0.39, 0.29) is 6.61 Å². The molecule has 0 radical (unpaired) electrons. The number of aromatic amines is 1. The van der Waals surface area contributed by atoms with E-state index in [0.717, 1.165) is 22.8 Å². The fourth-order valence-electron chi connectivity index (χ4n) is 1.49. The Bertz CT molecular complexity index is 436. The minimum atomic E-state index is 0.123. The van der Waals surface area contributed by atoms with E-state index < -0.39 is 0 Å². The normalized spacial score (nSPS) is 10.5. The number of aryl methyl sites for hydroxylation is 1. The van der Waals surface area contributed by atoms with Gasteiger partial charge in [0.05, 0.1) is 5.69 Å². The first kappa shape index (κ1) is 9.86. The Labute approximate surface area is 88.0 Å². The second-order valence-electron chi connectivity index (χ2n) is 3.37. The van der Waals surface area contributed by atoms with Crippen molar-refractivity contribution in [3.63, 3.8) is 0 Å². The standard InChI is InChI=1S/C11H13N3O/c1-8-10(4-6-15)14-11(13-8)9-3-2-5-12-7-9/h2-3,5,7,15H,4,6H2,1H3,(H,13,14). The molecule has 78 valence electrons. The first-order chi connectivity index (χ1) is 7.31. The number of hydrogen-bond acceptors (Lipinski definition) is 3. The molecule has 2 aromatic rings. The number of hydrogen-bond donors (Lipinski definition) is 2. The predicted octanol–water partition coefficient (Wildman–Crippen LogP) is 1.31. The van der Waals surface area contributed by atoms with Crippen LogP contribution < -0.4 is 0 Å². The zero-order valence-corrected chi connectivity index (χ0v) is 8.57. The zero-order valence-electron chi connectivity index (χ0n) is 8.57. The maximum Gasteiger partial charge on any atom is 0.139 e. The fraction of sp³-hybridized carbons (Fsp3) is 0.273. The molecule has 0 aliphatic rings. The lowest BCUT2D eigenvalue weighted by Gasteiger charge is -1.93. The average Bonchev–Trinajstić information content (AvgIpc) is 2.63. The molecule has 2 heterocycles. The molecule has 0 unspecified atom stereocenters. The van der Waals surface area contributed by atoms with Gasteiger partial charge in [0.2, 0.25) is 0 Å². The van der Waals surface area contributed by atoms with Crippen LogP contribution in [0.1, 0.15) is 11.4 Å². The molecule has 0 saturated heterocycles. The first-order valence-electron chi connectivity index (χ1n) is 4.88. The van der Waals surface area contributed by atoms with Crippen molar-refractivity contribution in [2.45, 2.75) is 13.3 Å². The molecule has 4 heteroatoms. The summed E-state index contributed by atoms with van der Waals surface area (Å²) in [4.78, 5) is 11.6. The van der Waals surface area contributed by atoms with Crippen molar-refractivity contribution < 1.29 is 5.11 Å². The molecule has 15 heavy (non-hydrogen) atoms. The summed E-state index contributed by atoms with van der Waals surface area (Å²) in [5, 5.41) is 8.86. The van der Waals surface area contributed by atoms with Crippen molar-refractivity contribution in [3.8, 4) is 11.4 Å². The number of nitrogens with zero attached hydrogens (tertiary/aromatic N) is 2. The topological polar surface area (TPSA) is 61.8 Å². The zero-order chi connectivity index (χ0) is 10.7. The van der Waals surface area contributed by atoms with Crippen molar-refractivity contribution in [2.24, 2.45) is 0 Å². The Balaban J connectivity index is 2.34. The van der Waals surface area contributed by atoms with Gasteiger partial charge in [-0.3, -0.25) is 4.98 Å². The van der Waals surface area contributed by atoms with E-state index in [4.69, 9.17) is 5.11 Å². The summed E-state index contributed by atoms with van der Waals surface area (Å²) in [5.41, 5.74) is 2.88. The monoisotopic (exact) mass is 203 g/mol. The summed E-state index contributed by atoms with van der Waals surface area (Å²) in [6, 6.07) is 3.83. The van der Waals surface area contributed by atoms with Crippen LogP contribution in [-0.2, 0) is 6.42 Å². The molecule has 0 aliphatic carbocycles. The molecule has 0 spiro atoms. The van der Waals surface area contributed by atoms with Gasteiger partial charge in [-0.05, 0) is 19.1 Å². The summed E-state index contributed by atoms with van der Waals surface area (Å²) < 4.78 is 0. The number of imidazole rings is 1. The molecule has 0 saturated carbocycles. The molecule has 0 fully saturated rings. The lowest BCUT2D eigenvalue weighted by molar-refractivity contribution is 0.298. The summed E-state index contributed by atoms with van der Waals surface area (Å²) in [6.45, 7) is 2.08. The quantitative estimate of drug-likeness (QED) is 0.790. The maximum absolute atomic E-state index is 8.86. The minimum absolute atomic E-state index is 0.123. The van der Waals surface area contributed by atoms with Gasteiger partial charge < -0.3 is 10.1 Å². The highest BCUT2D eigenvalue weighted by Crippen LogP contribution is 2.16. The van der Waals surface area contributed by atoms with Gasteiger partial charge in [-0.25, -0.2) is 4.98 Å². The van der Waals surface area contributed by atoms with Gasteiger partial charge in [0.25, 0.3) is 0 Å². The molecular formula is C11H13N3O. The van der Waals surface area contributed by atoms with Gasteiger partial charge in [0, 0.05) is 36.7 Å². The molecule has 0 amide bonds. The molecule has 4 nitrogen and oxygen atoms in total. The van der Waals surface area contributed by atoms with E-state index >= 15 is 0 Å². The second-order valence-corrected chi connectivity index (χ2v) is 3.37. The van der Waals surface area contributed by atoms with E-state index in [1.54, 1.807) is 12.4 Å². The number of pyridine rings is 1. The average molecular weight is 203 g/mol. The lowest BCUT2D eigenvalue weighted by atomic mass is 10.3. The number of aliphatic hydroxyl groups excluding tert-OH is 1. The van der Waals surface area contributed by atoms with E-state index in [1.807, 2.05) is 19.1 Å².